The maximum Gasteiger partial charge on any atom is 0.303 e. The molecule has 0 amide bonds. The smallest absolute Gasteiger partial charge is 0.303 e. The molecule has 14 heteroatoms. The van der Waals surface area contributed by atoms with Crippen molar-refractivity contribution in [3.63, 3.8) is 0 Å². The normalized spacial score (nSPS) is 29.1. The van der Waals surface area contributed by atoms with Crippen LogP contribution >= 0.6 is 0 Å². The molecule has 14 nitrogen and oxygen atoms in total. The van der Waals surface area contributed by atoms with Crippen LogP contribution in [0.2, 0.25) is 0 Å². The van der Waals surface area contributed by atoms with Gasteiger partial charge >= 0.3 is 11.9 Å². The Labute approximate surface area is 273 Å². The number of rotatable bonds is 5. The van der Waals surface area contributed by atoms with Gasteiger partial charge in [-0.3, -0.25) is 19.2 Å². The summed E-state index contributed by atoms with van der Waals surface area (Å²) in [5, 5.41) is 67.0. The van der Waals surface area contributed by atoms with E-state index < -0.39 is 106 Å². The summed E-state index contributed by atoms with van der Waals surface area (Å²) in [7, 11) is 0. The number of ether oxygens (including phenoxy) is 4. The van der Waals surface area contributed by atoms with E-state index >= 15 is 0 Å². The van der Waals surface area contributed by atoms with Crippen LogP contribution in [0.5, 0.6) is 23.0 Å². The van der Waals surface area contributed by atoms with Gasteiger partial charge in [0, 0.05) is 49.7 Å². The molecule has 0 saturated heterocycles. The standard InChI is InChI=1S/C34H34O14/c1-13-9-19(39)25-29(43)23-21(47-33(25,11-35)31(13)45-15(3)37)7-5-17(27(23)41)18-6-8-22-24(28(18)42)30(44)26-20(40)10-14(2)32(46-16(4)38)34(26,12-36)48-22/h5-8,13-14,31-32,35-36,41-44H,9-12H2,1-4H3/t13-,14-,31-,32-,33+,34+/m0/s1. The zero-order valence-corrected chi connectivity index (χ0v) is 26.4. The molecule has 0 unspecified atom stereocenters. The van der Waals surface area contributed by atoms with Gasteiger partial charge in [0.2, 0.25) is 11.2 Å². The van der Waals surface area contributed by atoms with Crippen LogP contribution in [0.25, 0.3) is 22.6 Å². The van der Waals surface area contributed by atoms with Gasteiger partial charge in [0.25, 0.3) is 0 Å². The van der Waals surface area contributed by atoms with E-state index in [1.165, 1.54) is 24.3 Å². The molecule has 6 atom stereocenters. The predicted molar refractivity (Wildman–Crippen MR) is 164 cm³/mol. The van der Waals surface area contributed by atoms with Crippen LogP contribution in [-0.2, 0) is 28.7 Å². The van der Waals surface area contributed by atoms with Crippen LogP contribution in [0.4, 0.5) is 0 Å². The van der Waals surface area contributed by atoms with Crippen LogP contribution in [0.1, 0.15) is 51.7 Å². The number of hydrogen-bond donors (Lipinski definition) is 6. The largest absolute Gasteiger partial charge is 0.506 e. The Morgan fingerprint density at radius 3 is 1.38 bits per heavy atom. The molecule has 2 aliphatic heterocycles. The topological polar surface area (TPSA) is 227 Å². The maximum atomic E-state index is 13.3. The lowest BCUT2D eigenvalue weighted by Gasteiger charge is -2.48. The molecule has 2 aliphatic carbocycles. The number of carbonyl (C=O) groups excluding carboxylic acids is 4. The first-order chi connectivity index (χ1) is 22.6. The van der Waals surface area contributed by atoms with E-state index in [4.69, 9.17) is 18.9 Å². The van der Waals surface area contributed by atoms with Crippen molar-refractivity contribution in [3.05, 3.63) is 46.5 Å². The van der Waals surface area contributed by atoms with E-state index in [2.05, 4.69) is 0 Å². The van der Waals surface area contributed by atoms with Gasteiger partial charge < -0.3 is 49.6 Å². The van der Waals surface area contributed by atoms with E-state index in [0.717, 1.165) is 13.8 Å². The monoisotopic (exact) mass is 666 g/mol. The molecule has 2 heterocycles. The third-order valence-corrected chi connectivity index (χ3v) is 9.53. The minimum atomic E-state index is -1.97. The van der Waals surface area contributed by atoms with Gasteiger partial charge in [-0.05, 0) is 24.3 Å². The molecule has 2 aromatic carbocycles. The second kappa shape index (κ2) is 11.3. The zero-order valence-electron chi connectivity index (χ0n) is 26.4. The highest BCUT2D eigenvalue weighted by Crippen LogP contribution is 2.56. The van der Waals surface area contributed by atoms with Gasteiger partial charge in [0.1, 0.15) is 45.6 Å². The lowest BCUT2D eigenvalue weighted by atomic mass is 9.69. The van der Waals surface area contributed by atoms with Gasteiger partial charge in [-0.1, -0.05) is 13.8 Å². The Balaban J connectivity index is 1.50. The van der Waals surface area contributed by atoms with Crippen molar-refractivity contribution in [1.29, 1.82) is 0 Å². The van der Waals surface area contributed by atoms with Gasteiger partial charge in [-0.15, -0.1) is 0 Å². The van der Waals surface area contributed by atoms with Gasteiger partial charge in [0.05, 0.1) is 24.4 Å². The number of carbonyl (C=O) groups is 4. The fourth-order valence-corrected chi connectivity index (χ4v) is 7.60. The third-order valence-electron chi connectivity index (χ3n) is 9.53. The quantitative estimate of drug-likeness (QED) is 0.252. The van der Waals surface area contributed by atoms with Crippen LogP contribution < -0.4 is 9.47 Å². The van der Waals surface area contributed by atoms with Crippen molar-refractivity contribution in [2.24, 2.45) is 11.8 Å². The molecule has 6 rings (SSSR count). The average molecular weight is 667 g/mol. The number of hydrogen-bond acceptors (Lipinski definition) is 14. The number of fused-ring (bicyclic) bond motifs is 4. The lowest BCUT2D eigenvalue weighted by molar-refractivity contribution is -0.172. The summed E-state index contributed by atoms with van der Waals surface area (Å²) in [5.74, 6) is -6.89. The van der Waals surface area contributed by atoms with Crippen molar-refractivity contribution in [1.82, 2.24) is 0 Å². The summed E-state index contributed by atoms with van der Waals surface area (Å²) < 4.78 is 23.1. The van der Waals surface area contributed by atoms with Gasteiger partial charge in [-0.2, -0.15) is 0 Å². The minimum Gasteiger partial charge on any atom is -0.506 e. The Morgan fingerprint density at radius 2 is 1.06 bits per heavy atom. The molecule has 6 N–H and O–H groups in total. The number of aliphatic hydroxyl groups is 4. The Kier molecular flexibility index (Phi) is 7.71. The summed E-state index contributed by atoms with van der Waals surface area (Å²) in [5.41, 5.74) is -5.62. The second-order valence-corrected chi connectivity index (χ2v) is 12.7. The molecule has 2 fully saturated rings. The van der Waals surface area contributed by atoms with Crippen molar-refractivity contribution < 1.29 is 68.8 Å². The van der Waals surface area contributed by atoms with E-state index in [9.17, 15) is 49.8 Å². The fourth-order valence-electron chi connectivity index (χ4n) is 7.60. The average Bonchev–Trinajstić information content (AvgIpc) is 3.01. The summed E-state index contributed by atoms with van der Waals surface area (Å²) >= 11 is 0. The Morgan fingerprint density at radius 1 is 0.708 bits per heavy atom. The summed E-state index contributed by atoms with van der Waals surface area (Å²) in [4.78, 5) is 50.4. The highest BCUT2D eigenvalue weighted by Gasteiger charge is 2.60. The van der Waals surface area contributed by atoms with E-state index in [-0.39, 0.29) is 46.6 Å². The first-order valence-electron chi connectivity index (χ1n) is 15.2. The number of benzene rings is 2. The lowest BCUT2D eigenvalue weighted by Crippen LogP contribution is -2.62. The first-order valence-corrected chi connectivity index (χ1v) is 15.2. The van der Waals surface area contributed by atoms with Crippen LogP contribution in [0, 0.1) is 11.8 Å². The van der Waals surface area contributed by atoms with Crippen molar-refractivity contribution >= 4 is 35.0 Å². The number of Topliss-reactive ketones (excluding diaryl/α,β-unsaturated/α-hetero) is 2. The molecular formula is C34H34O14. The van der Waals surface area contributed by atoms with E-state index in [1.54, 1.807) is 13.8 Å². The predicted octanol–water partition coefficient (Wildman–Crippen LogP) is 2.63. The summed E-state index contributed by atoms with van der Waals surface area (Å²) in [6.45, 7) is 3.87. The van der Waals surface area contributed by atoms with Crippen molar-refractivity contribution in [2.45, 2.75) is 63.9 Å². The van der Waals surface area contributed by atoms with Crippen LogP contribution in [0.15, 0.2) is 35.4 Å². The molecule has 2 saturated carbocycles. The highest BCUT2D eigenvalue weighted by molar-refractivity contribution is 6.08. The van der Waals surface area contributed by atoms with Crippen molar-refractivity contribution in [3.8, 4) is 34.1 Å². The molecule has 2 aromatic rings. The molecule has 4 aliphatic rings. The molecule has 0 bridgehead atoms. The summed E-state index contributed by atoms with van der Waals surface area (Å²) in [6, 6.07) is 5.24. The first kappa shape index (κ1) is 32.8. The van der Waals surface area contributed by atoms with Crippen molar-refractivity contribution in [2.75, 3.05) is 13.2 Å². The molecular weight excluding hydrogens is 632 g/mol. The fraction of sp³-hybridized carbons (Fsp3) is 0.412. The SMILES string of the molecule is CC(=O)O[C@H]1[C@@H](C)CC(=O)C2=C(O)c3c(ccc(-c4ccc5c(c4O)C(O)=C4C(=O)C[C@H](C)[C@H](OC(C)=O)[C@]4(CO)O5)c3O)O[C@]21CO. The van der Waals surface area contributed by atoms with Crippen LogP contribution in [-0.4, -0.2) is 90.8 Å². The highest BCUT2D eigenvalue weighted by atomic mass is 16.6. The number of phenols is 2. The molecule has 254 valence electrons. The number of phenolic OH excluding ortho intramolecular Hbond substituents is 2. The molecule has 48 heavy (non-hydrogen) atoms. The summed E-state index contributed by atoms with van der Waals surface area (Å²) in [6.07, 6.45) is -2.66. The van der Waals surface area contributed by atoms with Crippen LogP contribution in [0.3, 0.4) is 0 Å². The number of aliphatic hydroxyl groups excluding tert-OH is 4. The minimum absolute atomic E-state index is 0.104. The Bertz CT molecular complexity index is 1720. The number of esters is 2. The van der Waals surface area contributed by atoms with E-state index in [0.29, 0.717) is 0 Å². The van der Waals surface area contributed by atoms with E-state index in [1.807, 2.05) is 0 Å². The van der Waals surface area contributed by atoms with Gasteiger partial charge in [-0.25, -0.2) is 0 Å². The third kappa shape index (κ3) is 4.46. The Hall–Kier alpha value is -5.08. The molecule has 0 aromatic heterocycles. The maximum absolute atomic E-state index is 13.3. The second-order valence-electron chi connectivity index (χ2n) is 12.7. The molecule has 0 radical (unpaired) electrons. The van der Waals surface area contributed by atoms with Gasteiger partial charge in [0.15, 0.2) is 23.8 Å². The number of aromatic hydroxyl groups is 2. The number of ketones is 2. The molecule has 0 spiro atoms. The zero-order chi connectivity index (χ0) is 35.0.